The molecule has 0 aromatic carbocycles. The van der Waals surface area contributed by atoms with E-state index in [1.165, 1.54) is 19.3 Å². The van der Waals surface area contributed by atoms with E-state index in [9.17, 15) is 0 Å². The van der Waals surface area contributed by atoms with Gasteiger partial charge < -0.3 is 4.74 Å². The predicted octanol–water partition coefficient (Wildman–Crippen LogP) is 2.07. The molecule has 9 heavy (non-hydrogen) atoms. The molecule has 0 aliphatic rings. The SMILES string of the molecule is CCCCCOCCP. The molecular formula is C7H17OP. The van der Waals surface area contributed by atoms with Gasteiger partial charge in [0, 0.05) is 6.61 Å². The third-order valence-electron chi connectivity index (χ3n) is 1.15. The largest absolute Gasteiger partial charge is 0.381 e. The van der Waals surface area contributed by atoms with Crippen LogP contribution in [0.3, 0.4) is 0 Å². The Morgan fingerprint density at radius 1 is 1.22 bits per heavy atom. The molecule has 0 spiro atoms. The minimum atomic E-state index is 0.897. The minimum absolute atomic E-state index is 0.897. The third-order valence-corrected chi connectivity index (χ3v) is 1.39. The Hall–Kier alpha value is 0.390. The Morgan fingerprint density at radius 2 is 2.00 bits per heavy atom. The fourth-order valence-corrected chi connectivity index (χ4v) is 0.806. The average molecular weight is 148 g/mol. The van der Waals surface area contributed by atoms with Crippen LogP contribution in [0.15, 0.2) is 0 Å². The van der Waals surface area contributed by atoms with Crippen LogP contribution in [0.2, 0.25) is 0 Å². The van der Waals surface area contributed by atoms with Crippen LogP contribution in [0, 0.1) is 0 Å². The highest BCUT2D eigenvalue weighted by Crippen LogP contribution is 1.94. The molecule has 0 fully saturated rings. The van der Waals surface area contributed by atoms with E-state index in [2.05, 4.69) is 16.2 Å². The lowest BCUT2D eigenvalue weighted by Crippen LogP contribution is -1.96. The van der Waals surface area contributed by atoms with Crippen molar-refractivity contribution in [2.24, 2.45) is 0 Å². The summed E-state index contributed by atoms with van der Waals surface area (Å²) in [5.41, 5.74) is 0. The maximum absolute atomic E-state index is 5.26. The first-order valence-corrected chi connectivity index (χ1v) is 4.51. The van der Waals surface area contributed by atoms with Crippen LogP contribution in [0.4, 0.5) is 0 Å². The molecular weight excluding hydrogens is 131 g/mol. The van der Waals surface area contributed by atoms with Gasteiger partial charge in [0.2, 0.25) is 0 Å². The van der Waals surface area contributed by atoms with Gasteiger partial charge in [0.15, 0.2) is 0 Å². The van der Waals surface area contributed by atoms with E-state index >= 15 is 0 Å². The summed E-state index contributed by atoms with van der Waals surface area (Å²) in [5.74, 6) is 0. The molecule has 0 heterocycles. The maximum atomic E-state index is 5.26. The molecule has 56 valence electrons. The normalized spacial score (nSPS) is 10.0. The molecule has 2 heteroatoms. The standard InChI is InChI=1S/C7H17OP/c1-2-3-4-5-8-6-7-9/h2-7,9H2,1H3. The van der Waals surface area contributed by atoms with Gasteiger partial charge in [-0.15, -0.1) is 9.24 Å². The van der Waals surface area contributed by atoms with Crippen LogP contribution in [-0.2, 0) is 4.74 Å². The van der Waals surface area contributed by atoms with Crippen LogP contribution in [0.1, 0.15) is 26.2 Å². The molecule has 0 aliphatic heterocycles. The highest BCUT2D eigenvalue weighted by Gasteiger charge is 1.84. The van der Waals surface area contributed by atoms with Crippen molar-refractivity contribution >= 4 is 9.24 Å². The molecule has 1 unspecified atom stereocenters. The van der Waals surface area contributed by atoms with Gasteiger partial charge in [0.1, 0.15) is 0 Å². The van der Waals surface area contributed by atoms with E-state index in [1.807, 2.05) is 0 Å². The molecule has 0 aromatic heterocycles. The fraction of sp³-hybridized carbons (Fsp3) is 1.00. The maximum Gasteiger partial charge on any atom is 0.0500 e. The van der Waals surface area contributed by atoms with E-state index < -0.39 is 0 Å². The summed E-state index contributed by atoms with van der Waals surface area (Å²) in [7, 11) is 2.65. The zero-order valence-electron chi connectivity index (χ0n) is 6.23. The van der Waals surface area contributed by atoms with Crippen molar-refractivity contribution in [3.63, 3.8) is 0 Å². The van der Waals surface area contributed by atoms with Crippen LogP contribution < -0.4 is 0 Å². The lowest BCUT2D eigenvalue weighted by Gasteiger charge is -1.99. The second-order valence-corrected chi connectivity index (χ2v) is 2.69. The van der Waals surface area contributed by atoms with Gasteiger partial charge in [0.05, 0.1) is 6.61 Å². The van der Waals surface area contributed by atoms with Crippen molar-refractivity contribution in [3.05, 3.63) is 0 Å². The summed E-state index contributed by atoms with van der Waals surface area (Å²) in [4.78, 5) is 0. The first-order chi connectivity index (χ1) is 4.41. The molecule has 0 aromatic rings. The molecule has 1 atom stereocenters. The van der Waals surface area contributed by atoms with E-state index in [1.54, 1.807) is 0 Å². The lowest BCUT2D eigenvalue weighted by atomic mass is 10.3. The first kappa shape index (κ1) is 9.39. The lowest BCUT2D eigenvalue weighted by molar-refractivity contribution is 0.145. The second kappa shape index (κ2) is 8.39. The fourth-order valence-electron chi connectivity index (χ4n) is 0.640. The van der Waals surface area contributed by atoms with E-state index in [0.717, 1.165) is 19.4 Å². The number of ether oxygens (including phenoxy) is 1. The zero-order chi connectivity index (χ0) is 6.95. The smallest absolute Gasteiger partial charge is 0.0500 e. The van der Waals surface area contributed by atoms with Crippen molar-refractivity contribution in [1.29, 1.82) is 0 Å². The van der Waals surface area contributed by atoms with Gasteiger partial charge in [-0.2, -0.15) is 0 Å². The van der Waals surface area contributed by atoms with Gasteiger partial charge in [-0.3, -0.25) is 0 Å². The topological polar surface area (TPSA) is 9.23 Å². The molecule has 1 nitrogen and oxygen atoms in total. The van der Waals surface area contributed by atoms with Gasteiger partial charge in [-0.05, 0) is 12.6 Å². The van der Waals surface area contributed by atoms with Gasteiger partial charge >= 0.3 is 0 Å². The molecule has 0 saturated heterocycles. The summed E-state index contributed by atoms with van der Waals surface area (Å²) in [5, 5.41) is 0. The number of hydrogen-bond donors (Lipinski definition) is 0. The van der Waals surface area contributed by atoms with Crippen LogP contribution >= 0.6 is 9.24 Å². The molecule has 0 radical (unpaired) electrons. The Bertz CT molecular complexity index is 42.2. The van der Waals surface area contributed by atoms with E-state index in [0.29, 0.717) is 0 Å². The van der Waals surface area contributed by atoms with Crippen molar-refractivity contribution in [1.82, 2.24) is 0 Å². The van der Waals surface area contributed by atoms with Crippen molar-refractivity contribution in [2.75, 3.05) is 19.4 Å². The summed E-state index contributed by atoms with van der Waals surface area (Å²) >= 11 is 0. The van der Waals surface area contributed by atoms with Crippen LogP contribution in [0.5, 0.6) is 0 Å². The van der Waals surface area contributed by atoms with Gasteiger partial charge in [0.25, 0.3) is 0 Å². The highest BCUT2D eigenvalue weighted by molar-refractivity contribution is 7.16. The Balaban J connectivity index is 2.60. The van der Waals surface area contributed by atoms with Gasteiger partial charge in [-0.25, -0.2) is 0 Å². The average Bonchev–Trinajstić information content (AvgIpc) is 1.89. The summed E-state index contributed by atoms with van der Waals surface area (Å²) in [6.45, 7) is 4.05. The zero-order valence-corrected chi connectivity index (χ0v) is 7.38. The number of hydrogen-bond acceptors (Lipinski definition) is 1. The quantitative estimate of drug-likeness (QED) is 0.414. The monoisotopic (exact) mass is 148 g/mol. The molecule has 0 aliphatic carbocycles. The third kappa shape index (κ3) is 8.39. The summed E-state index contributed by atoms with van der Waals surface area (Å²) < 4.78 is 5.26. The molecule has 0 saturated carbocycles. The molecule has 0 amide bonds. The Morgan fingerprint density at radius 3 is 2.56 bits per heavy atom. The Kier molecular flexibility index (Phi) is 8.75. The summed E-state index contributed by atoms with van der Waals surface area (Å²) in [6, 6.07) is 0. The number of rotatable bonds is 6. The minimum Gasteiger partial charge on any atom is -0.381 e. The predicted molar refractivity (Wildman–Crippen MR) is 44.9 cm³/mol. The van der Waals surface area contributed by atoms with Crippen LogP contribution in [0.25, 0.3) is 0 Å². The van der Waals surface area contributed by atoms with Gasteiger partial charge in [-0.1, -0.05) is 19.8 Å². The first-order valence-electron chi connectivity index (χ1n) is 3.69. The highest BCUT2D eigenvalue weighted by atomic mass is 31.0. The summed E-state index contributed by atoms with van der Waals surface area (Å²) in [6.07, 6.45) is 4.87. The van der Waals surface area contributed by atoms with E-state index in [-0.39, 0.29) is 0 Å². The Labute approximate surface area is 60.4 Å². The van der Waals surface area contributed by atoms with E-state index in [4.69, 9.17) is 4.74 Å². The van der Waals surface area contributed by atoms with Crippen molar-refractivity contribution in [3.8, 4) is 0 Å². The molecule has 0 bridgehead atoms. The molecule has 0 rings (SSSR count). The molecule has 0 N–H and O–H groups in total. The number of unbranched alkanes of at least 4 members (excludes halogenated alkanes) is 2. The van der Waals surface area contributed by atoms with Crippen molar-refractivity contribution in [2.45, 2.75) is 26.2 Å². The van der Waals surface area contributed by atoms with Crippen molar-refractivity contribution < 1.29 is 4.74 Å². The van der Waals surface area contributed by atoms with Crippen LogP contribution in [-0.4, -0.2) is 19.4 Å². The second-order valence-electron chi connectivity index (χ2n) is 2.11.